The van der Waals surface area contributed by atoms with E-state index in [1.54, 1.807) is 0 Å². The van der Waals surface area contributed by atoms with Gasteiger partial charge in [0, 0.05) is 16.8 Å². The highest BCUT2D eigenvalue weighted by Crippen LogP contribution is 2.33. The molecule has 100 valence electrons. The first-order valence-electron chi connectivity index (χ1n) is 6.70. The van der Waals surface area contributed by atoms with Crippen molar-refractivity contribution in [3.63, 3.8) is 0 Å². The molecule has 0 unspecified atom stereocenters. The Balaban J connectivity index is 2.07. The van der Waals surface area contributed by atoms with Gasteiger partial charge in [-0.15, -0.1) is 0 Å². The molecule has 0 radical (unpaired) electrons. The summed E-state index contributed by atoms with van der Waals surface area (Å²) in [6, 6.07) is 18.2. The molecule has 0 bridgehead atoms. The molecule has 2 nitrogen and oxygen atoms in total. The highest BCUT2D eigenvalue weighted by molar-refractivity contribution is 5.93. The van der Waals surface area contributed by atoms with E-state index in [0.717, 1.165) is 33.3 Å². The Morgan fingerprint density at radius 3 is 2.35 bits per heavy atom. The molecule has 0 spiro atoms. The fraction of sp³-hybridized carbons (Fsp3) is 0.111. The van der Waals surface area contributed by atoms with Gasteiger partial charge in [-0.3, -0.25) is 0 Å². The second-order valence-electron chi connectivity index (χ2n) is 5.09. The van der Waals surface area contributed by atoms with E-state index >= 15 is 0 Å². The maximum atomic E-state index is 10.3. The molecule has 0 fully saturated rings. The Labute approximate surface area is 118 Å². The monoisotopic (exact) mass is 263 g/mol. The maximum absolute atomic E-state index is 10.3. The van der Waals surface area contributed by atoms with Crippen LogP contribution >= 0.6 is 0 Å². The van der Waals surface area contributed by atoms with Crippen LogP contribution in [-0.4, -0.2) is 5.11 Å². The van der Waals surface area contributed by atoms with Crippen molar-refractivity contribution in [1.29, 1.82) is 0 Å². The highest BCUT2D eigenvalue weighted by atomic mass is 16.3. The largest absolute Gasteiger partial charge is 0.507 e. The average Bonchev–Trinajstić information content (AvgIpc) is 2.47. The van der Waals surface area contributed by atoms with Crippen molar-refractivity contribution in [1.82, 2.24) is 0 Å². The van der Waals surface area contributed by atoms with Crippen LogP contribution in [0.5, 0.6) is 5.75 Å². The van der Waals surface area contributed by atoms with Crippen molar-refractivity contribution in [2.75, 3.05) is 5.32 Å². The first kappa shape index (κ1) is 12.5. The molecule has 3 aromatic rings. The molecule has 0 aliphatic rings. The molecular formula is C18H17NO. The Kier molecular flexibility index (Phi) is 3.07. The van der Waals surface area contributed by atoms with E-state index in [9.17, 15) is 5.11 Å². The van der Waals surface area contributed by atoms with Gasteiger partial charge in [-0.25, -0.2) is 0 Å². The van der Waals surface area contributed by atoms with Crippen LogP contribution in [0.25, 0.3) is 10.8 Å². The van der Waals surface area contributed by atoms with Crippen LogP contribution in [0.2, 0.25) is 0 Å². The molecule has 0 amide bonds. The number of phenols is 1. The molecule has 0 saturated carbocycles. The van der Waals surface area contributed by atoms with Gasteiger partial charge in [0.05, 0.1) is 0 Å². The fourth-order valence-electron chi connectivity index (χ4n) is 2.38. The molecule has 0 heterocycles. The number of aryl methyl sites for hydroxylation is 1. The minimum Gasteiger partial charge on any atom is -0.507 e. The maximum Gasteiger partial charge on any atom is 0.126 e. The Bertz CT molecular complexity index is 763. The normalized spacial score (nSPS) is 10.7. The lowest BCUT2D eigenvalue weighted by molar-refractivity contribution is 0.477. The van der Waals surface area contributed by atoms with Crippen LogP contribution < -0.4 is 5.32 Å². The lowest BCUT2D eigenvalue weighted by Crippen LogP contribution is -1.91. The molecule has 0 aromatic heterocycles. The van der Waals surface area contributed by atoms with E-state index in [0.29, 0.717) is 5.75 Å². The number of benzene rings is 3. The third-order valence-corrected chi connectivity index (χ3v) is 3.69. The van der Waals surface area contributed by atoms with Crippen molar-refractivity contribution in [2.45, 2.75) is 13.8 Å². The second kappa shape index (κ2) is 4.89. The van der Waals surface area contributed by atoms with E-state index in [4.69, 9.17) is 0 Å². The third kappa shape index (κ3) is 2.21. The number of aromatic hydroxyl groups is 1. The van der Waals surface area contributed by atoms with E-state index in [2.05, 4.69) is 11.4 Å². The summed E-state index contributed by atoms with van der Waals surface area (Å²) in [5.74, 6) is 0.372. The molecule has 3 rings (SSSR count). The fourth-order valence-corrected chi connectivity index (χ4v) is 2.38. The average molecular weight is 263 g/mol. The van der Waals surface area contributed by atoms with Gasteiger partial charge in [0.15, 0.2) is 0 Å². The summed E-state index contributed by atoms with van der Waals surface area (Å²) >= 11 is 0. The van der Waals surface area contributed by atoms with Crippen LogP contribution in [-0.2, 0) is 0 Å². The summed E-state index contributed by atoms with van der Waals surface area (Å²) in [7, 11) is 0. The van der Waals surface area contributed by atoms with Crippen molar-refractivity contribution in [2.24, 2.45) is 0 Å². The van der Waals surface area contributed by atoms with Gasteiger partial charge in [0.1, 0.15) is 5.75 Å². The zero-order chi connectivity index (χ0) is 14.1. The molecule has 2 heteroatoms. The molecule has 3 aromatic carbocycles. The standard InChI is InChI=1S/C18H17NO/c1-12-10-14-8-9-16(11-17(14)18(20)13(12)2)19-15-6-4-3-5-7-15/h3-11,19-20H,1-2H3. The van der Waals surface area contributed by atoms with Crippen molar-refractivity contribution in [3.8, 4) is 5.75 Å². The van der Waals surface area contributed by atoms with Gasteiger partial charge in [-0.1, -0.05) is 30.3 Å². The number of fused-ring (bicyclic) bond motifs is 1. The van der Waals surface area contributed by atoms with Gasteiger partial charge >= 0.3 is 0 Å². The van der Waals surface area contributed by atoms with Gasteiger partial charge < -0.3 is 10.4 Å². The third-order valence-electron chi connectivity index (χ3n) is 3.69. The van der Waals surface area contributed by atoms with Crippen LogP contribution in [0.4, 0.5) is 11.4 Å². The number of anilines is 2. The zero-order valence-electron chi connectivity index (χ0n) is 11.6. The summed E-state index contributed by atoms with van der Waals surface area (Å²) in [6.45, 7) is 3.96. The minimum atomic E-state index is 0.372. The van der Waals surface area contributed by atoms with E-state index in [-0.39, 0.29) is 0 Å². The van der Waals surface area contributed by atoms with Crippen molar-refractivity contribution in [3.05, 3.63) is 65.7 Å². The number of phenolic OH excluding ortho intramolecular Hbond substituents is 1. The molecular weight excluding hydrogens is 246 g/mol. The Hall–Kier alpha value is -2.48. The number of para-hydroxylation sites is 1. The van der Waals surface area contributed by atoms with Gasteiger partial charge in [-0.2, -0.15) is 0 Å². The van der Waals surface area contributed by atoms with Gasteiger partial charge in [0.25, 0.3) is 0 Å². The van der Waals surface area contributed by atoms with E-state index in [1.807, 2.05) is 62.4 Å². The Morgan fingerprint density at radius 1 is 0.850 bits per heavy atom. The second-order valence-corrected chi connectivity index (χ2v) is 5.09. The molecule has 2 N–H and O–H groups in total. The summed E-state index contributed by atoms with van der Waals surface area (Å²) in [4.78, 5) is 0. The molecule has 0 aliphatic carbocycles. The number of hydrogen-bond donors (Lipinski definition) is 2. The summed E-state index contributed by atoms with van der Waals surface area (Å²) in [6.07, 6.45) is 0. The first-order chi connectivity index (χ1) is 9.65. The highest BCUT2D eigenvalue weighted by Gasteiger charge is 2.07. The lowest BCUT2D eigenvalue weighted by atomic mass is 10.0. The van der Waals surface area contributed by atoms with Gasteiger partial charge in [0.2, 0.25) is 0 Å². The minimum absolute atomic E-state index is 0.372. The van der Waals surface area contributed by atoms with Crippen molar-refractivity contribution < 1.29 is 5.11 Å². The lowest BCUT2D eigenvalue weighted by Gasteiger charge is -2.11. The number of hydrogen-bond acceptors (Lipinski definition) is 2. The molecule has 20 heavy (non-hydrogen) atoms. The van der Waals surface area contributed by atoms with Crippen molar-refractivity contribution >= 4 is 22.1 Å². The number of nitrogens with one attached hydrogen (secondary N) is 1. The zero-order valence-corrected chi connectivity index (χ0v) is 11.6. The van der Waals surface area contributed by atoms with Crippen LogP contribution in [0.1, 0.15) is 11.1 Å². The predicted octanol–water partition coefficient (Wildman–Crippen LogP) is 4.91. The smallest absolute Gasteiger partial charge is 0.126 e. The van der Waals surface area contributed by atoms with Gasteiger partial charge in [-0.05, 0) is 54.6 Å². The number of rotatable bonds is 2. The molecule has 0 aliphatic heterocycles. The topological polar surface area (TPSA) is 32.3 Å². The molecule has 0 atom stereocenters. The van der Waals surface area contributed by atoms with Crippen LogP contribution in [0.3, 0.4) is 0 Å². The van der Waals surface area contributed by atoms with E-state index < -0.39 is 0 Å². The van der Waals surface area contributed by atoms with Crippen LogP contribution in [0, 0.1) is 13.8 Å². The predicted molar refractivity (Wildman–Crippen MR) is 84.8 cm³/mol. The first-order valence-corrected chi connectivity index (χ1v) is 6.70. The Morgan fingerprint density at radius 2 is 1.60 bits per heavy atom. The van der Waals surface area contributed by atoms with Crippen LogP contribution in [0.15, 0.2) is 54.6 Å². The van der Waals surface area contributed by atoms with E-state index in [1.165, 1.54) is 0 Å². The quantitative estimate of drug-likeness (QED) is 0.688. The SMILES string of the molecule is Cc1cc2ccc(Nc3ccccc3)cc2c(O)c1C. The summed E-state index contributed by atoms with van der Waals surface area (Å²) in [5.41, 5.74) is 4.06. The summed E-state index contributed by atoms with van der Waals surface area (Å²) < 4.78 is 0. The molecule has 0 saturated heterocycles. The summed E-state index contributed by atoms with van der Waals surface area (Å²) in [5, 5.41) is 15.6.